The Labute approximate surface area is 119 Å². The van der Waals surface area contributed by atoms with Crippen LogP contribution in [0.15, 0.2) is 0 Å². The zero-order chi connectivity index (χ0) is 14.5. The van der Waals surface area contributed by atoms with Crippen molar-refractivity contribution in [1.82, 2.24) is 10.2 Å². The molecular weight excluding hydrogens is 260 g/mol. The lowest BCUT2D eigenvalue weighted by Crippen LogP contribution is -2.51. The molecule has 2 saturated carbocycles. The maximum Gasteiger partial charge on any atom is 0.317 e. The second kappa shape index (κ2) is 6.92. The molecule has 2 atom stereocenters. The fourth-order valence-corrected chi connectivity index (χ4v) is 3.44. The number of aliphatic carboxylic acids is 1. The molecule has 2 aliphatic carbocycles. The molecule has 2 rings (SSSR count). The molecule has 20 heavy (non-hydrogen) atoms. The molecular formula is C14H24N2O4. The van der Waals surface area contributed by atoms with Gasteiger partial charge < -0.3 is 20.4 Å². The SMILES string of the molecule is O=C(O)C1CCCC1NC(=O)N(CCO)C1CCCC1. The first kappa shape index (κ1) is 15.1. The van der Waals surface area contributed by atoms with E-state index in [9.17, 15) is 9.59 Å². The number of hydrogen-bond acceptors (Lipinski definition) is 3. The van der Waals surface area contributed by atoms with Gasteiger partial charge in [-0.1, -0.05) is 19.3 Å². The molecule has 2 unspecified atom stereocenters. The number of carbonyl (C=O) groups is 2. The van der Waals surface area contributed by atoms with Crippen LogP contribution in [0.4, 0.5) is 4.79 Å². The van der Waals surface area contributed by atoms with Gasteiger partial charge in [0.15, 0.2) is 0 Å². The number of aliphatic hydroxyl groups is 1. The summed E-state index contributed by atoms with van der Waals surface area (Å²) in [6, 6.07) is -0.307. The number of aliphatic hydroxyl groups excluding tert-OH is 1. The van der Waals surface area contributed by atoms with Crippen LogP contribution in [0.5, 0.6) is 0 Å². The highest BCUT2D eigenvalue weighted by Gasteiger charge is 2.36. The Morgan fingerprint density at radius 2 is 1.80 bits per heavy atom. The minimum Gasteiger partial charge on any atom is -0.481 e. The first-order valence-corrected chi connectivity index (χ1v) is 7.54. The number of nitrogens with one attached hydrogen (secondary N) is 1. The number of hydrogen-bond donors (Lipinski definition) is 3. The summed E-state index contributed by atoms with van der Waals surface area (Å²) >= 11 is 0. The first-order chi connectivity index (χ1) is 9.63. The molecule has 0 aromatic heterocycles. The predicted octanol–water partition coefficient (Wildman–Crippen LogP) is 1.19. The van der Waals surface area contributed by atoms with Crippen molar-refractivity contribution in [3.63, 3.8) is 0 Å². The van der Waals surface area contributed by atoms with Crippen LogP contribution in [-0.4, -0.2) is 52.3 Å². The lowest BCUT2D eigenvalue weighted by atomic mass is 10.0. The molecule has 0 saturated heterocycles. The van der Waals surface area contributed by atoms with Crippen molar-refractivity contribution in [2.75, 3.05) is 13.2 Å². The lowest BCUT2D eigenvalue weighted by Gasteiger charge is -2.30. The van der Waals surface area contributed by atoms with E-state index < -0.39 is 11.9 Å². The van der Waals surface area contributed by atoms with Gasteiger partial charge in [0.25, 0.3) is 0 Å². The number of rotatable bonds is 5. The van der Waals surface area contributed by atoms with Crippen molar-refractivity contribution in [3.05, 3.63) is 0 Å². The van der Waals surface area contributed by atoms with Crippen LogP contribution < -0.4 is 5.32 Å². The molecule has 0 spiro atoms. The summed E-state index contributed by atoms with van der Waals surface area (Å²) in [4.78, 5) is 25.2. The number of carboxylic acid groups (broad SMARTS) is 1. The van der Waals surface area contributed by atoms with Crippen molar-refractivity contribution in [1.29, 1.82) is 0 Å². The second-order valence-electron chi connectivity index (χ2n) is 5.79. The van der Waals surface area contributed by atoms with Gasteiger partial charge in [0, 0.05) is 18.6 Å². The Morgan fingerprint density at radius 1 is 1.10 bits per heavy atom. The van der Waals surface area contributed by atoms with E-state index in [0.29, 0.717) is 13.0 Å². The van der Waals surface area contributed by atoms with Crippen LogP contribution >= 0.6 is 0 Å². The quantitative estimate of drug-likeness (QED) is 0.707. The summed E-state index contributed by atoms with van der Waals surface area (Å²) < 4.78 is 0. The van der Waals surface area contributed by atoms with Crippen LogP contribution in [0.1, 0.15) is 44.9 Å². The van der Waals surface area contributed by atoms with Crippen LogP contribution in [-0.2, 0) is 4.79 Å². The Bertz CT molecular complexity index is 355. The van der Waals surface area contributed by atoms with Crippen LogP contribution in [0, 0.1) is 5.92 Å². The molecule has 2 fully saturated rings. The van der Waals surface area contributed by atoms with Gasteiger partial charge in [-0.3, -0.25) is 4.79 Å². The molecule has 0 radical (unpaired) electrons. The molecule has 6 nitrogen and oxygen atoms in total. The van der Waals surface area contributed by atoms with Crippen molar-refractivity contribution in [2.45, 2.75) is 57.0 Å². The van der Waals surface area contributed by atoms with Gasteiger partial charge in [-0.25, -0.2) is 4.79 Å². The van der Waals surface area contributed by atoms with E-state index in [1.807, 2.05) is 0 Å². The fraction of sp³-hybridized carbons (Fsp3) is 0.857. The number of carbonyl (C=O) groups excluding carboxylic acids is 1. The molecule has 114 valence electrons. The van der Waals surface area contributed by atoms with E-state index in [0.717, 1.165) is 38.5 Å². The van der Waals surface area contributed by atoms with E-state index >= 15 is 0 Å². The van der Waals surface area contributed by atoms with Crippen molar-refractivity contribution >= 4 is 12.0 Å². The normalized spacial score (nSPS) is 26.6. The summed E-state index contributed by atoms with van der Waals surface area (Å²) in [6.07, 6.45) is 6.36. The van der Waals surface area contributed by atoms with Crippen molar-refractivity contribution in [2.24, 2.45) is 5.92 Å². The number of urea groups is 1. The largest absolute Gasteiger partial charge is 0.481 e. The van der Waals surface area contributed by atoms with Crippen molar-refractivity contribution < 1.29 is 19.8 Å². The highest BCUT2D eigenvalue weighted by molar-refractivity contribution is 5.77. The fourth-order valence-electron chi connectivity index (χ4n) is 3.44. The minimum absolute atomic E-state index is 0.0586. The monoisotopic (exact) mass is 284 g/mol. The van der Waals surface area contributed by atoms with E-state index in [4.69, 9.17) is 10.2 Å². The van der Waals surface area contributed by atoms with Crippen LogP contribution in [0.2, 0.25) is 0 Å². The lowest BCUT2D eigenvalue weighted by molar-refractivity contribution is -0.142. The highest BCUT2D eigenvalue weighted by atomic mass is 16.4. The van der Waals surface area contributed by atoms with E-state index in [1.54, 1.807) is 4.90 Å². The maximum atomic E-state index is 12.4. The summed E-state index contributed by atoms with van der Waals surface area (Å²) in [5, 5.41) is 21.1. The average Bonchev–Trinajstić information content (AvgIpc) is 3.06. The van der Waals surface area contributed by atoms with Crippen molar-refractivity contribution in [3.8, 4) is 0 Å². The summed E-state index contributed by atoms with van der Waals surface area (Å²) in [5.41, 5.74) is 0. The summed E-state index contributed by atoms with van der Waals surface area (Å²) in [7, 11) is 0. The third-order valence-electron chi connectivity index (χ3n) is 4.51. The summed E-state index contributed by atoms with van der Waals surface area (Å²) in [5.74, 6) is -1.30. The van der Waals surface area contributed by atoms with E-state index in [1.165, 1.54) is 0 Å². The standard InChI is InChI=1S/C14H24N2O4/c17-9-8-16(10-4-1-2-5-10)14(20)15-12-7-3-6-11(12)13(18)19/h10-12,17H,1-9H2,(H,15,20)(H,18,19). The molecule has 0 aliphatic heterocycles. The third kappa shape index (κ3) is 3.42. The molecule has 2 aliphatic rings. The zero-order valence-corrected chi connectivity index (χ0v) is 11.8. The predicted molar refractivity (Wildman–Crippen MR) is 73.3 cm³/mol. The molecule has 0 aromatic rings. The van der Waals surface area contributed by atoms with E-state index in [2.05, 4.69) is 5.32 Å². The van der Waals surface area contributed by atoms with Gasteiger partial charge in [-0.2, -0.15) is 0 Å². The average molecular weight is 284 g/mol. The van der Waals surface area contributed by atoms with Gasteiger partial charge in [-0.15, -0.1) is 0 Å². The topological polar surface area (TPSA) is 89.9 Å². The molecule has 6 heteroatoms. The van der Waals surface area contributed by atoms with Gasteiger partial charge in [0.1, 0.15) is 0 Å². The summed E-state index contributed by atoms with van der Waals surface area (Å²) in [6.45, 7) is 0.262. The first-order valence-electron chi connectivity index (χ1n) is 7.54. The van der Waals surface area contributed by atoms with Gasteiger partial charge in [0.2, 0.25) is 0 Å². The zero-order valence-electron chi connectivity index (χ0n) is 11.8. The third-order valence-corrected chi connectivity index (χ3v) is 4.51. The smallest absolute Gasteiger partial charge is 0.317 e. The Morgan fingerprint density at radius 3 is 2.40 bits per heavy atom. The number of carboxylic acids is 1. The minimum atomic E-state index is -0.831. The molecule has 2 amide bonds. The Balaban J connectivity index is 1.95. The van der Waals surface area contributed by atoms with Crippen LogP contribution in [0.25, 0.3) is 0 Å². The van der Waals surface area contributed by atoms with E-state index in [-0.39, 0.29) is 24.7 Å². The maximum absolute atomic E-state index is 12.4. The highest BCUT2D eigenvalue weighted by Crippen LogP contribution is 2.27. The van der Waals surface area contributed by atoms with Crippen LogP contribution in [0.3, 0.4) is 0 Å². The van der Waals surface area contributed by atoms with Gasteiger partial charge in [-0.05, 0) is 25.7 Å². The number of amides is 2. The Kier molecular flexibility index (Phi) is 5.23. The Hall–Kier alpha value is -1.30. The molecule has 0 heterocycles. The number of nitrogens with zero attached hydrogens (tertiary/aromatic N) is 1. The van der Waals surface area contributed by atoms with Gasteiger partial charge in [0.05, 0.1) is 12.5 Å². The molecule has 0 bridgehead atoms. The van der Waals surface area contributed by atoms with Gasteiger partial charge >= 0.3 is 12.0 Å². The second-order valence-corrected chi connectivity index (χ2v) is 5.79. The molecule has 0 aromatic carbocycles. The molecule has 3 N–H and O–H groups in total.